The van der Waals surface area contributed by atoms with E-state index in [0.717, 1.165) is 37.2 Å². The number of hydrogen-bond donors (Lipinski definition) is 2. The summed E-state index contributed by atoms with van der Waals surface area (Å²) >= 11 is 0. The van der Waals surface area contributed by atoms with Crippen molar-refractivity contribution in [3.05, 3.63) is 29.3 Å². The van der Waals surface area contributed by atoms with Crippen LogP contribution < -0.4 is 4.90 Å². The summed E-state index contributed by atoms with van der Waals surface area (Å²) in [6, 6.07) is 6.00. The number of nitrogens with zero attached hydrogens (tertiary/aromatic N) is 2. The van der Waals surface area contributed by atoms with Gasteiger partial charge in [0.15, 0.2) is 0 Å². The first-order valence-electron chi connectivity index (χ1n) is 8.23. The van der Waals surface area contributed by atoms with Crippen molar-refractivity contribution in [1.82, 2.24) is 4.90 Å². The van der Waals surface area contributed by atoms with Crippen LogP contribution in [-0.4, -0.2) is 60.9 Å². The highest BCUT2D eigenvalue weighted by Gasteiger charge is 2.28. The van der Waals surface area contributed by atoms with Crippen molar-refractivity contribution in [2.24, 2.45) is 5.41 Å². The van der Waals surface area contributed by atoms with Gasteiger partial charge in [0.05, 0.1) is 18.8 Å². The van der Waals surface area contributed by atoms with Gasteiger partial charge in [-0.05, 0) is 31.9 Å². The fraction of sp³-hybridized carbons (Fsp3) is 0.611. The van der Waals surface area contributed by atoms with Crippen LogP contribution in [0.2, 0.25) is 0 Å². The monoisotopic (exact) mass is 320 g/mol. The molecule has 0 aliphatic carbocycles. The van der Waals surface area contributed by atoms with Crippen LogP contribution in [0.4, 0.5) is 5.69 Å². The molecule has 0 bridgehead atoms. The Bertz CT molecular complexity index is 549. The SMILES string of the molecule is Cc1ccc(N2CCCC2)c(C(=O)N(C)CC(C)(CO)CO)c1. The number of rotatable bonds is 6. The number of carbonyl (C=O) groups is 1. The van der Waals surface area contributed by atoms with E-state index in [1.165, 1.54) is 0 Å². The first kappa shape index (κ1) is 17.8. The van der Waals surface area contributed by atoms with Gasteiger partial charge < -0.3 is 20.0 Å². The van der Waals surface area contributed by atoms with Crippen LogP contribution in [-0.2, 0) is 0 Å². The van der Waals surface area contributed by atoms with Gasteiger partial charge in [0.2, 0.25) is 0 Å². The molecule has 1 aromatic carbocycles. The maximum Gasteiger partial charge on any atom is 0.255 e. The fourth-order valence-electron chi connectivity index (χ4n) is 3.05. The van der Waals surface area contributed by atoms with Gasteiger partial charge in [-0.15, -0.1) is 0 Å². The Hall–Kier alpha value is -1.59. The lowest BCUT2D eigenvalue weighted by Gasteiger charge is -2.31. The normalized spacial score (nSPS) is 15.1. The molecule has 5 heteroatoms. The molecule has 1 amide bonds. The molecule has 5 nitrogen and oxygen atoms in total. The minimum absolute atomic E-state index is 0.0660. The average Bonchev–Trinajstić information content (AvgIpc) is 3.08. The van der Waals surface area contributed by atoms with Crippen molar-refractivity contribution in [3.8, 4) is 0 Å². The van der Waals surface area contributed by atoms with Crippen molar-refractivity contribution in [2.45, 2.75) is 26.7 Å². The van der Waals surface area contributed by atoms with Crippen LogP contribution in [0.25, 0.3) is 0 Å². The Kier molecular flexibility index (Phi) is 5.65. The highest BCUT2D eigenvalue weighted by atomic mass is 16.3. The molecule has 23 heavy (non-hydrogen) atoms. The molecule has 0 atom stereocenters. The van der Waals surface area contributed by atoms with E-state index in [1.807, 2.05) is 25.1 Å². The second kappa shape index (κ2) is 7.32. The quantitative estimate of drug-likeness (QED) is 0.837. The molecular weight excluding hydrogens is 292 g/mol. The molecule has 128 valence electrons. The molecule has 1 aliphatic rings. The first-order valence-corrected chi connectivity index (χ1v) is 8.23. The number of hydrogen-bond acceptors (Lipinski definition) is 4. The number of carbonyl (C=O) groups excluding carboxylic acids is 1. The van der Waals surface area contributed by atoms with Gasteiger partial charge in [0.25, 0.3) is 5.91 Å². The Morgan fingerprint density at radius 3 is 2.43 bits per heavy atom. The molecule has 0 radical (unpaired) electrons. The molecule has 2 N–H and O–H groups in total. The smallest absolute Gasteiger partial charge is 0.255 e. The third-order valence-electron chi connectivity index (χ3n) is 4.56. The third-order valence-corrected chi connectivity index (χ3v) is 4.56. The van der Waals surface area contributed by atoms with Crippen LogP contribution in [0.5, 0.6) is 0 Å². The third kappa shape index (κ3) is 4.03. The predicted molar refractivity (Wildman–Crippen MR) is 91.9 cm³/mol. The zero-order chi connectivity index (χ0) is 17.0. The van der Waals surface area contributed by atoms with E-state index in [2.05, 4.69) is 4.90 Å². The summed E-state index contributed by atoms with van der Waals surface area (Å²) in [6.45, 7) is 5.72. The maximum atomic E-state index is 12.9. The zero-order valence-corrected chi connectivity index (χ0v) is 14.4. The molecular formula is C18H28N2O3. The van der Waals surface area contributed by atoms with Crippen molar-refractivity contribution >= 4 is 11.6 Å². The minimum Gasteiger partial charge on any atom is -0.396 e. The van der Waals surface area contributed by atoms with E-state index < -0.39 is 5.41 Å². The minimum atomic E-state index is -0.692. The van der Waals surface area contributed by atoms with E-state index in [-0.39, 0.29) is 19.1 Å². The molecule has 0 unspecified atom stereocenters. The number of amides is 1. The van der Waals surface area contributed by atoms with E-state index in [4.69, 9.17) is 0 Å². The van der Waals surface area contributed by atoms with E-state index in [0.29, 0.717) is 12.1 Å². The van der Waals surface area contributed by atoms with Gasteiger partial charge in [-0.2, -0.15) is 0 Å². The summed E-state index contributed by atoms with van der Waals surface area (Å²) in [7, 11) is 1.72. The largest absolute Gasteiger partial charge is 0.396 e. The van der Waals surface area contributed by atoms with E-state index in [1.54, 1.807) is 18.9 Å². The lowest BCUT2D eigenvalue weighted by Crippen LogP contribution is -2.42. The molecule has 1 saturated heterocycles. The summed E-state index contributed by atoms with van der Waals surface area (Å²) in [4.78, 5) is 16.8. The highest BCUT2D eigenvalue weighted by Crippen LogP contribution is 2.27. The van der Waals surface area contributed by atoms with Gasteiger partial charge in [-0.25, -0.2) is 0 Å². The van der Waals surface area contributed by atoms with E-state index >= 15 is 0 Å². The van der Waals surface area contributed by atoms with Gasteiger partial charge in [0.1, 0.15) is 0 Å². The summed E-state index contributed by atoms with van der Waals surface area (Å²) in [5.74, 6) is -0.0660. The Morgan fingerprint density at radius 2 is 1.87 bits per heavy atom. The zero-order valence-electron chi connectivity index (χ0n) is 14.4. The lowest BCUT2D eigenvalue weighted by molar-refractivity contribution is 0.0366. The highest BCUT2D eigenvalue weighted by molar-refractivity contribution is 6.00. The summed E-state index contributed by atoms with van der Waals surface area (Å²) < 4.78 is 0. The molecule has 0 saturated carbocycles. The number of aryl methyl sites for hydroxylation is 1. The Morgan fingerprint density at radius 1 is 1.26 bits per heavy atom. The molecule has 1 aromatic rings. The number of anilines is 1. The number of benzene rings is 1. The van der Waals surface area contributed by atoms with Crippen molar-refractivity contribution in [1.29, 1.82) is 0 Å². The lowest BCUT2D eigenvalue weighted by atomic mass is 9.92. The van der Waals surface area contributed by atoms with Crippen molar-refractivity contribution in [2.75, 3.05) is 44.8 Å². The Balaban J connectivity index is 2.25. The topological polar surface area (TPSA) is 64.0 Å². The fourth-order valence-corrected chi connectivity index (χ4v) is 3.05. The molecule has 1 aliphatic heterocycles. The summed E-state index contributed by atoms with van der Waals surface area (Å²) in [5, 5.41) is 18.9. The Labute approximate surface area is 138 Å². The molecule has 0 aromatic heterocycles. The van der Waals surface area contributed by atoms with Crippen LogP contribution in [0, 0.1) is 12.3 Å². The molecule has 2 rings (SSSR count). The van der Waals surface area contributed by atoms with Gasteiger partial charge in [0, 0.05) is 37.8 Å². The second-order valence-electron chi connectivity index (χ2n) is 7.00. The number of aliphatic hydroxyl groups is 2. The van der Waals surface area contributed by atoms with Gasteiger partial charge in [-0.1, -0.05) is 18.6 Å². The van der Waals surface area contributed by atoms with Gasteiger partial charge >= 0.3 is 0 Å². The van der Waals surface area contributed by atoms with Crippen LogP contribution in [0.15, 0.2) is 18.2 Å². The number of aliphatic hydroxyl groups excluding tert-OH is 2. The molecule has 0 spiro atoms. The average molecular weight is 320 g/mol. The summed E-state index contributed by atoms with van der Waals surface area (Å²) in [6.07, 6.45) is 2.31. The van der Waals surface area contributed by atoms with Crippen molar-refractivity contribution in [3.63, 3.8) is 0 Å². The van der Waals surface area contributed by atoms with Crippen LogP contribution >= 0.6 is 0 Å². The van der Waals surface area contributed by atoms with Crippen LogP contribution in [0.1, 0.15) is 35.7 Å². The van der Waals surface area contributed by atoms with Crippen molar-refractivity contribution < 1.29 is 15.0 Å². The summed E-state index contributed by atoms with van der Waals surface area (Å²) in [5.41, 5.74) is 2.05. The standard InChI is InChI=1S/C18H28N2O3/c1-14-6-7-16(20-8-4-5-9-20)15(10-14)17(23)19(3)11-18(2,12-21)13-22/h6-7,10,21-22H,4-5,8-9,11-13H2,1-3H3. The molecule has 1 heterocycles. The maximum absolute atomic E-state index is 12.9. The van der Waals surface area contributed by atoms with Crippen LogP contribution in [0.3, 0.4) is 0 Å². The second-order valence-corrected chi connectivity index (χ2v) is 7.00. The first-order chi connectivity index (χ1) is 10.9. The predicted octanol–water partition coefficient (Wildman–Crippen LogP) is 1.66. The van der Waals surface area contributed by atoms with Gasteiger partial charge in [-0.3, -0.25) is 4.79 Å². The van der Waals surface area contributed by atoms with E-state index in [9.17, 15) is 15.0 Å². The molecule has 1 fully saturated rings.